The van der Waals surface area contributed by atoms with Gasteiger partial charge in [0, 0.05) is 17.8 Å². The SMILES string of the molecule is Cc1cn2nccc(-c3ccc(OCC(C)CC(C)N)c(C(F)(F)F)c3)c2n1. The van der Waals surface area contributed by atoms with Crippen LogP contribution in [0.1, 0.15) is 31.5 Å². The highest BCUT2D eigenvalue weighted by Crippen LogP contribution is 2.39. The zero-order valence-corrected chi connectivity index (χ0v) is 16.0. The van der Waals surface area contributed by atoms with Crippen LogP contribution in [0.4, 0.5) is 13.2 Å². The summed E-state index contributed by atoms with van der Waals surface area (Å²) >= 11 is 0. The number of hydrogen-bond donors (Lipinski definition) is 1. The molecule has 1 aromatic carbocycles. The van der Waals surface area contributed by atoms with Gasteiger partial charge in [0.15, 0.2) is 5.65 Å². The second-order valence-corrected chi connectivity index (χ2v) is 7.23. The van der Waals surface area contributed by atoms with Gasteiger partial charge < -0.3 is 10.5 Å². The second-order valence-electron chi connectivity index (χ2n) is 7.23. The average Bonchev–Trinajstić information content (AvgIpc) is 2.98. The van der Waals surface area contributed by atoms with Crippen molar-refractivity contribution in [1.82, 2.24) is 14.6 Å². The first-order valence-electron chi connectivity index (χ1n) is 9.06. The van der Waals surface area contributed by atoms with E-state index in [-0.39, 0.29) is 24.3 Å². The highest BCUT2D eigenvalue weighted by atomic mass is 19.4. The third-order valence-electron chi connectivity index (χ3n) is 4.38. The summed E-state index contributed by atoms with van der Waals surface area (Å²) in [5.41, 5.74) is 7.16. The van der Waals surface area contributed by atoms with E-state index < -0.39 is 11.7 Å². The Morgan fingerprint density at radius 3 is 2.64 bits per heavy atom. The fourth-order valence-corrected chi connectivity index (χ4v) is 3.22. The van der Waals surface area contributed by atoms with Gasteiger partial charge in [-0.15, -0.1) is 0 Å². The summed E-state index contributed by atoms with van der Waals surface area (Å²) in [6.07, 6.45) is -0.602. The van der Waals surface area contributed by atoms with E-state index in [1.807, 2.05) is 13.8 Å². The average molecular weight is 392 g/mol. The first-order chi connectivity index (χ1) is 13.1. The molecule has 0 aliphatic rings. The molecular formula is C20H23F3N4O. The number of ether oxygens (including phenoxy) is 1. The summed E-state index contributed by atoms with van der Waals surface area (Å²) in [6.45, 7) is 5.74. The molecule has 150 valence electrons. The lowest BCUT2D eigenvalue weighted by molar-refractivity contribution is -0.139. The Kier molecular flexibility index (Phi) is 5.60. The molecule has 0 fully saturated rings. The van der Waals surface area contributed by atoms with Crippen molar-refractivity contribution >= 4 is 5.65 Å². The quantitative estimate of drug-likeness (QED) is 0.672. The van der Waals surface area contributed by atoms with Crippen molar-refractivity contribution in [1.29, 1.82) is 0 Å². The Morgan fingerprint density at radius 1 is 1.21 bits per heavy atom. The van der Waals surface area contributed by atoms with Crippen molar-refractivity contribution in [3.63, 3.8) is 0 Å². The van der Waals surface area contributed by atoms with Gasteiger partial charge in [-0.25, -0.2) is 9.50 Å². The zero-order valence-electron chi connectivity index (χ0n) is 16.0. The molecule has 2 atom stereocenters. The number of fused-ring (bicyclic) bond motifs is 1. The monoisotopic (exact) mass is 392 g/mol. The van der Waals surface area contributed by atoms with Gasteiger partial charge in [-0.1, -0.05) is 13.0 Å². The van der Waals surface area contributed by atoms with Crippen LogP contribution < -0.4 is 10.5 Å². The van der Waals surface area contributed by atoms with Crippen LogP contribution in [0, 0.1) is 12.8 Å². The van der Waals surface area contributed by atoms with Crippen LogP contribution in [0.3, 0.4) is 0 Å². The Bertz CT molecular complexity index is 966. The van der Waals surface area contributed by atoms with Crippen molar-refractivity contribution < 1.29 is 17.9 Å². The van der Waals surface area contributed by atoms with E-state index >= 15 is 0 Å². The fraction of sp³-hybridized carbons (Fsp3) is 0.400. The van der Waals surface area contributed by atoms with Crippen molar-refractivity contribution in [3.8, 4) is 16.9 Å². The molecule has 2 aromatic heterocycles. The summed E-state index contributed by atoms with van der Waals surface area (Å²) in [7, 11) is 0. The minimum Gasteiger partial charge on any atom is -0.493 e. The Morgan fingerprint density at radius 2 is 1.96 bits per heavy atom. The third kappa shape index (κ3) is 4.44. The molecular weight excluding hydrogens is 369 g/mol. The predicted molar refractivity (Wildman–Crippen MR) is 101 cm³/mol. The maximum Gasteiger partial charge on any atom is 0.419 e. The summed E-state index contributed by atoms with van der Waals surface area (Å²) in [4.78, 5) is 4.37. The Labute approximate surface area is 161 Å². The normalized spacial score (nSPS) is 14.2. The van der Waals surface area contributed by atoms with Gasteiger partial charge in [0.1, 0.15) is 5.75 Å². The van der Waals surface area contributed by atoms with Gasteiger partial charge >= 0.3 is 6.18 Å². The number of alkyl halides is 3. The van der Waals surface area contributed by atoms with E-state index in [1.54, 1.807) is 29.8 Å². The molecule has 3 rings (SSSR count). The highest BCUT2D eigenvalue weighted by molar-refractivity contribution is 5.78. The molecule has 0 aliphatic heterocycles. The number of aryl methyl sites for hydroxylation is 1. The molecule has 0 radical (unpaired) electrons. The second kappa shape index (κ2) is 7.79. The molecule has 8 heteroatoms. The molecule has 28 heavy (non-hydrogen) atoms. The molecule has 0 saturated heterocycles. The maximum absolute atomic E-state index is 13.7. The van der Waals surface area contributed by atoms with Gasteiger partial charge in [-0.2, -0.15) is 18.3 Å². The fourth-order valence-electron chi connectivity index (χ4n) is 3.22. The predicted octanol–water partition coefficient (Wildman–Crippen LogP) is 4.48. The Hall–Kier alpha value is -2.61. The molecule has 0 spiro atoms. The number of nitrogens with zero attached hydrogens (tertiary/aromatic N) is 3. The molecule has 2 unspecified atom stereocenters. The molecule has 0 saturated carbocycles. The number of imidazole rings is 1. The lowest BCUT2D eigenvalue weighted by Crippen LogP contribution is -2.22. The summed E-state index contributed by atoms with van der Waals surface area (Å²) in [6, 6.07) is 5.70. The minimum atomic E-state index is -4.54. The van der Waals surface area contributed by atoms with Crippen LogP contribution in [0.5, 0.6) is 5.75 Å². The van der Waals surface area contributed by atoms with Crippen LogP contribution in [-0.2, 0) is 6.18 Å². The smallest absolute Gasteiger partial charge is 0.419 e. The standard InChI is InChI=1S/C20H23F3N4O/c1-12(8-13(2)24)11-28-18-5-4-15(9-17(18)20(21,22)23)16-6-7-25-27-10-14(3)26-19(16)27/h4-7,9-10,12-13H,8,11,24H2,1-3H3. The van der Waals surface area contributed by atoms with E-state index in [0.29, 0.717) is 23.2 Å². The number of nitrogens with two attached hydrogens (primary N) is 1. The molecule has 0 amide bonds. The number of benzene rings is 1. The van der Waals surface area contributed by atoms with Gasteiger partial charge in [0.2, 0.25) is 0 Å². The Balaban J connectivity index is 1.97. The van der Waals surface area contributed by atoms with Crippen LogP contribution in [-0.4, -0.2) is 27.2 Å². The molecule has 0 aliphatic carbocycles. The topological polar surface area (TPSA) is 65.4 Å². The van der Waals surface area contributed by atoms with Crippen LogP contribution in [0.25, 0.3) is 16.8 Å². The van der Waals surface area contributed by atoms with E-state index in [2.05, 4.69) is 10.1 Å². The van der Waals surface area contributed by atoms with Crippen molar-refractivity contribution in [2.75, 3.05) is 6.61 Å². The van der Waals surface area contributed by atoms with Gasteiger partial charge in [-0.05, 0) is 49.9 Å². The van der Waals surface area contributed by atoms with Gasteiger partial charge in [-0.3, -0.25) is 0 Å². The molecule has 5 nitrogen and oxygen atoms in total. The zero-order chi connectivity index (χ0) is 20.5. The van der Waals surface area contributed by atoms with Crippen LogP contribution in [0.15, 0.2) is 36.7 Å². The van der Waals surface area contributed by atoms with Gasteiger partial charge in [0.05, 0.1) is 24.1 Å². The molecule has 3 aromatic rings. The molecule has 0 bridgehead atoms. The minimum absolute atomic E-state index is 0.0323. The van der Waals surface area contributed by atoms with Gasteiger partial charge in [0.25, 0.3) is 0 Å². The lowest BCUT2D eigenvalue weighted by Gasteiger charge is -2.19. The maximum atomic E-state index is 13.7. The first kappa shape index (κ1) is 20.1. The van der Waals surface area contributed by atoms with Crippen molar-refractivity contribution in [3.05, 3.63) is 47.9 Å². The van der Waals surface area contributed by atoms with E-state index in [9.17, 15) is 13.2 Å². The lowest BCUT2D eigenvalue weighted by atomic mass is 10.0. The number of halogens is 3. The van der Waals surface area contributed by atoms with Crippen molar-refractivity contribution in [2.45, 2.75) is 39.4 Å². The van der Waals surface area contributed by atoms with E-state index in [0.717, 1.165) is 11.8 Å². The van der Waals surface area contributed by atoms with Crippen LogP contribution >= 0.6 is 0 Å². The number of rotatable bonds is 6. The third-order valence-corrected chi connectivity index (χ3v) is 4.38. The first-order valence-corrected chi connectivity index (χ1v) is 9.06. The summed E-state index contributed by atoms with van der Waals surface area (Å²) in [5.74, 6) is -0.133. The largest absolute Gasteiger partial charge is 0.493 e. The molecule has 2 heterocycles. The van der Waals surface area contributed by atoms with E-state index in [4.69, 9.17) is 10.5 Å². The number of hydrogen-bond acceptors (Lipinski definition) is 4. The molecule has 2 N–H and O–H groups in total. The van der Waals surface area contributed by atoms with E-state index in [1.165, 1.54) is 12.3 Å². The highest BCUT2D eigenvalue weighted by Gasteiger charge is 2.35. The summed E-state index contributed by atoms with van der Waals surface area (Å²) < 4.78 is 48.0. The number of aromatic nitrogens is 3. The summed E-state index contributed by atoms with van der Waals surface area (Å²) in [5, 5.41) is 4.15. The van der Waals surface area contributed by atoms with Crippen molar-refractivity contribution in [2.24, 2.45) is 11.7 Å². The van der Waals surface area contributed by atoms with Crippen LogP contribution in [0.2, 0.25) is 0 Å².